The largest absolute Gasteiger partial charge is 0.311 e. The van der Waals surface area contributed by atoms with Gasteiger partial charge < -0.3 is 5.32 Å². The van der Waals surface area contributed by atoms with Gasteiger partial charge in [0.25, 0.3) is 0 Å². The molecule has 16 heavy (non-hydrogen) atoms. The van der Waals surface area contributed by atoms with E-state index in [0.717, 1.165) is 25.2 Å². The molecule has 2 rings (SSSR count). The van der Waals surface area contributed by atoms with Crippen molar-refractivity contribution >= 4 is 0 Å². The summed E-state index contributed by atoms with van der Waals surface area (Å²) >= 11 is 0. The highest BCUT2D eigenvalue weighted by Gasteiger charge is 2.19. The van der Waals surface area contributed by atoms with Crippen molar-refractivity contribution in [2.75, 3.05) is 0 Å². The summed E-state index contributed by atoms with van der Waals surface area (Å²) < 4.78 is 2.04. The maximum absolute atomic E-state index is 4.37. The summed E-state index contributed by atoms with van der Waals surface area (Å²) in [5.41, 5.74) is 0. The van der Waals surface area contributed by atoms with Crippen LogP contribution in [0.15, 0.2) is 6.33 Å². The third-order valence-electron chi connectivity index (χ3n) is 3.27. The molecule has 90 valence electrons. The second-order valence-corrected chi connectivity index (χ2v) is 4.80. The molecule has 2 unspecified atom stereocenters. The molecule has 4 nitrogen and oxygen atoms in total. The van der Waals surface area contributed by atoms with E-state index < -0.39 is 0 Å². The molecular weight excluding hydrogens is 200 g/mol. The number of rotatable bonds is 4. The summed E-state index contributed by atoms with van der Waals surface area (Å²) in [6.07, 6.45) is 7.72. The number of hydrogen-bond acceptors (Lipinski definition) is 3. The monoisotopic (exact) mass is 222 g/mol. The van der Waals surface area contributed by atoms with Crippen LogP contribution in [-0.4, -0.2) is 26.8 Å². The SMILES string of the molecule is CCCn1ncnc1CC1CCCC(C)N1. The number of piperidine rings is 1. The van der Waals surface area contributed by atoms with Gasteiger partial charge in [0.1, 0.15) is 12.2 Å². The average molecular weight is 222 g/mol. The van der Waals surface area contributed by atoms with E-state index in [2.05, 4.69) is 29.2 Å². The molecule has 1 aliphatic rings. The van der Waals surface area contributed by atoms with Gasteiger partial charge in [-0.1, -0.05) is 13.3 Å². The molecule has 2 heterocycles. The van der Waals surface area contributed by atoms with Crippen LogP contribution in [0, 0.1) is 0 Å². The molecule has 0 bridgehead atoms. The molecule has 2 atom stereocenters. The molecule has 1 aromatic heterocycles. The lowest BCUT2D eigenvalue weighted by molar-refractivity contribution is 0.326. The molecule has 0 amide bonds. The standard InChI is InChI=1S/C12H22N4/c1-3-7-16-12(13-9-14-16)8-11-6-4-5-10(2)15-11/h9-11,15H,3-8H2,1-2H3. The molecule has 0 spiro atoms. The lowest BCUT2D eigenvalue weighted by Crippen LogP contribution is -2.42. The Morgan fingerprint density at radius 1 is 1.50 bits per heavy atom. The molecule has 1 aliphatic heterocycles. The van der Waals surface area contributed by atoms with Gasteiger partial charge >= 0.3 is 0 Å². The van der Waals surface area contributed by atoms with Gasteiger partial charge in [-0.15, -0.1) is 0 Å². The Balaban J connectivity index is 1.94. The molecule has 0 radical (unpaired) electrons. The van der Waals surface area contributed by atoms with Gasteiger partial charge in [-0.3, -0.25) is 4.68 Å². The van der Waals surface area contributed by atoms with Crippen molar-refractivity contribution in [2.24, 2.45) is 0 Å². The zero-order valence-electron chi connectivity index (χ0n) is 10.3. The Hall–Kier alpha value is -0.900. The lowest BCUT2D eigenvalue weighted by atomic mass is 9.97. The van der Waals surface area contributed by atoms with Crippen LogP contribution in [0.5, 0.6) is 0 Å². The smallest absolute Gasteiger partial charge is 0.138 e. The maximum Gasteiger partial charge on any atom is 0.138 e. The molecule has 0 aromatic carbocycles. The van der Waals surface area contributed by atoms with E-state index in [0.29, 0.717) is 12.1 Å². The van der Waals surface area contributed by atoms with Crippen LogP contribution >= 0.6 is 0 Å². The predicted octanol–water partition coefficient (Wildman–Crippen LogP) is 1.76. The van der Waals surface area contributed by atoms with Crippen LogP contribution in [0.2, 0.25) is 0 Å². The summed E-state index contributed by atoms with van der Waals surface area (Å²) in [6.45, 7) is 5.42. The molecular formula is C12H22N4. The van der Waals surface area contributed by atoms with E-state index in [9.17, 15) is 0 Å². The van der Waals surface area contributed by atoms with Crippen molar-refractivity contribution < 1.29 is 0 Å². The first-order chi connectivity index (χ1) is 7.79. The van der Waals surface area contributed by atoms with E-state index >= 15 is 0 Å². The van der Waals surface area contributed by atoms with Gasteiger partial charge in [0.05, 0.1) is 0 Å². The van der Waals surface area contributed by atoms with E-state index in [1.165, 1.54) is 19.3 Å². The van der Waals surface area contributed by atoms with Crippen molar-refractivity contribution in [3.63, 3.8) is 0 Å². The zero-order valence-corrected chi connectivity index (χ0v) is 10.3. The molecule has 0 saturated carbocycles. The van der Waals surface area contributed by atoms with Crippen LogP contribution in [0.1, 0.15) is 45.4 Å². The lowest BCUT2D eigenvalue weighted by Gasteiger charge is -2.28. The van der Waals surface area contributed by atoms with Gasteiger partial charge in [0, 0.05) is 25.0 Å². The third kappa shape index (κ3) is 2.82. The topological polar surface area (TPSA) is 42.7 Å². The number of aromatic nitrogens is 3. The van der Waals surface area contributed by atoms with Crippen molar-refractivity contribution in [1.29, 1.82) is 0 Å². The molecule has 1 aromatic rings. The highest BCUT2D eigenvalue weighted by Crippen LogP contribution is 2.15. The fourth-order valence-electron chi connectivity index (χ4n) is 2.47. The normalized spacial score (nSPS) is 25.9. The average Bonchev–Trinajstić information content (AvgIpc) is 2.66. The highest BCUT2D eigenvalue weighted by molar-refractivity contribution is 4.92. The summed E-state index contributed by atoms with van der Waals surface area (Å²) in [5.74, 6) is 1.13. The summed E-state index contributed by atoms with van der Waals surface area (Å²) in [5, 5.41) is 7.91. The fourth-order valence-corrected chi connectivity index (χ4v) is 2.47. The zero-order chi connectivity index (χ0) is 11.4. The number of hydrogen-bond donors (Lipinski definition) is 1. The van der Waals surface area contributed by atoms with Gasteiger partial charge in [0.2, 0.25) is 0 Å². The van der Waals surface area contributed by atoms with Crippen molar-refractivity contribution in [1.82, 2.24) is 20.1 Å². The fraction of sp³-hybridized carbons (Fsp3) is 0.833. The molecule has 1 fully saturated rings. The minimum Gasteiger partial charge on any atom is -0.311 e. The van der Waals surface area contributed by atoms with Crippen LogP contribution < -0.4 is 5.32 Å². The first kappa shape index (κ1) is 11.6. The first-order valence-corrected chi connectivity index (χ1v) is 6.42. The second-order valence-electron chi connectivity index (χ2n) is 4.80. The van der Waals surface area contributed by atoms with Crippen LogP contribution in [0.4, 0.5) is 0 Å². The van der Waals surface area contributed by atoms with Gasteiger partial charge in [-0.2, -0.15) is 5.10 Å². The summed E-state index contributed by atoms with van der Waals surface area (Å²) in [7, 11) is 0. The van der Waals surface area contributed by atoms with E-state index in [4.69, 9.17) is 0 Å². The van der Waals surface area contributed by atoms with Crippen LogP contribution in [0.3, 0.4) is 0 Å². The van der Waals surface area contributed by atoms with E-state index in [1.807, 2.05) is 4.68 Å². The summed E-state index contributed by atoms with van der Waals surface area (Å²) in [6, 6.07) is 1.24. The van der Waals surface area contributed by atoms with Crippen molar-refractivity contribution in [2.45, 2.75) is 64.6 Å². The van der Waals surface area contributed by atoms with Crippen LogP contribution in [-0.2, 0) is 13.0 Å². The van der Waals surface area contributed by atoms with Gasteiger partial charge in [0.15, 0.2) is 0 Å². The summed E-state index contributed by atoms with van der Waals surface area (Å²) in [4.78, 5) is 4.37. The Bertz CT molecular complexity index is 321. The highest BCUT2D eigenvalue weighted by atomic mass is 15.3. The molecule has 1 saturated heterocycles. The molecule has 4 heteroatoms. The minimum absolute atomic E-state index is 0.587. The Morgan fingerprint density at radius 2 is 2.38 bits per heavy atom. The first-order valence-electron chi connectivity index (χ1n) is 6.42. The van der Waals surface area contributed by atoms with Crippen molar-refractivity contribution in [3.05, 3.63) is 12.2 Å². The maximum atomic E-state index is 4.37. The number of aryl methyl sites for hydroxylation is 1. The van der Waals surface area contributed by atoms with Gasteiger partial charge in [-0.25, -0.2) is 4.98 Å². The molecule has 1 N–H and O–H groups in total. The van der Waals surface area contributed by atoms with E-state index in [-0.39, 0.29) is 0 Å². The Labute approximate surface area is 97.5 Å². The third-order valence-corrected chi connectivity index (χ3v) is 3.27. The second kappa shape index (κ2) is 5.43. The Kier molecular flexibility index (Phi) is 3.93. The minimum atomic E-state index is 0.587. The van der Waals surface area contributed by atoms with Gasteiger partial charge in [-0.05, 0) is 26.2 Å². The quantitative estimate of drug-likeness (QED) is 0.844. The Morgan fingerprint density at radius 3 is 3.12 bits per heavy atom. The molecule has 0 aliphatic carbocycles. The predicted molar refractivity (Wildman–Crippen MR) is 64.3 cm³/mol. The number of nitrogens with zero attached hydrogens (tertiary/aromatic N) is 3. The number of nitrogens with one attached hydrogen (secondary N) is 1. The van der Waals surface area contributed by atoms with Crippen LogP contribution in [0.25, 0.3) is 0 Å². The van der Waals surface area contributed by atoms with E-state index in [1.54, 1.807) is 6.33 Å². The van der Waals surface area contributed by atoms with Crippen molar-refractivity contribution in [3.8, 4) is 0 Å².